The van der Waals surface area contributed by atoms with Crippen LogP contribution in [-0.2, 0) is 0 Å². The van der Waals surface area contributed by atoms with Gasteiger partial charge in [0.05, 0.1) is 78.9 Å². The maximum absolute atomic E-state index is 16.8. The third-order valence-electron chi connectivity index (χ3n) is 17.4. The summed E-state index contributed by atoms with van der Waals surface area (Å²) in [6.45, 7) is 22.6. The van der Waals surface area contributed by atoms with Gasteiger partial charge in [-0.3, -0.25) is 0 Å². The van der Waals surface area contributed by atoms with Gasteiger partial charge in [0.2, 0.25) is 11.6 Å². The second-order valence-corrected chi connectivity index (χ2v) is 24.4. The summed E-state index contributed by atoms with van der Waals surface area (Å²) >= 11 is 0. The molecule has 16 heteroatoms. The second-order valence-electron chi connectivity index (χ2n) is 24.4. The van der Waals surface area contributed by atoms with Crippen LogP contribution in [0.2, 0.25) is 0 Å². The SMILES string of the molecule is Cc1cc(C)c(-c2c3nc(c(-c4c(F)c(F)c(F)c(F)c4F)c4nc(c(-c5c(C)cc(C)cc5C)c5ccc(o5)c(-c5c(C)cc(C)cc5C)c5nc(c(-c6c(F)c(F)c(F)c(F)c6F)c6nc(c(-c7c(C)cc(C)cc7C)c7ccc2o7)C=C6)C=C5)C=C4)C=C3)c(C)c1. The number of benzene rings is 6. The van der Waals surface area contributed by atoms with Gasteiger partial charge in [0, 0.05) is 11.1 Å². The summed E-state index contributed by atoms with van der Waals surface area (Å²) in [5.74, 6) is -22.0. The normalized spacial score (nSPS) is 12.4. The number of furan rings is 2. The van der Waals surface area contributed by atoms with Crippen LogP contribution in [0.25, 0.3) is 138 Å². The first kappa shape index (κ1) is 62.3. The van der Waals surface area contributed by atoms with E-state index < -0.39 is 80.4 Å². The first-order chi connectivity index (χ1) is 44.7. The summed E-state index contributed by atoms with van der Waals surface area (Å²) < 4.78 is 175. The average molecular weight is 1270 g/mol. The number of fused-ring (bicyclic) bond motifs is 12. The van der Waals surface area contributed by atoms with Gasteiger partial charge in [-0.05, 0) is 223 Å². The molecule has 0 amide bonds. The molecule has 7 heterocycles. The highest BCUT2D eigenvalue weighted by Gasteiger charge is 2.34. The summed E-state index contributed by atoms with van der Waals surface area (Å²) in [6, 6.07) is 22.1. The Kier molecular flexibility index (Phi) is 15.4. The molecule has 4 aliphatic rings. The first-order valence-electron chi connectivity index (χ1n) is 30.1. The predicted molar refractivity (Wildman–Crippen MR) is 352 cm³/mol. The number of nitrogens with zero attached hydrogens (tertiary/aromatic N) is 4. The van der Waals surface area contributed by atoms with Crippen molar-refractivity contribution in [3.8, 4) is 66.8 Å². The topological polar surface area (TPSA) is 77.8 Å². The van der Waals surface area contributed by atoms with E-state index >= 15 is 43.9 Å². The Balaban J connectivity index is 1.30. The van der Waals surface area contributed by atoms with Gasteiger partial charge < -0.3 is 8.83 Å². The molecular formula is C78H56F10N4O2. The van der Waals surface area contributed by atoms with Crippen LogP contribution < -0.4 is 0 Å². The molecule has 9 aromatic rings. The number of rotatable bonds is 6. The zero-order valence-electron chi connectivity index (χ0n) is 52.9. The standard InChI is InChI=1S/C78H56F10N4O2/c1-33-25-37(5)57(38(6)26-33)63-49-17-13-45(89-49)61(67-69(79)73(83)77(87)74(84)70(67)80)46-14-19-51(90-46)65(59-41(9)29-35(3)30-42(59)10)55-23-24-56(94-55)66(60-43(11)31-36(4)32-44(60)12)52-20-16-48(92-52)62(68-71(81)75(85)78(88)76(86)72(68)82)47-15-18-50(91-47)64(54-22-21-53(63)93-54)58-39(7)27-34(2)28-40(58)8/h13-32H,1-12H3. The molecular weight excluding hydrogens is 1210 g/mol. The molecule has 3 aromatic heterocycles. The van der Waals surface area contributed by atoms with Crippen LogP contribution in [0.4, 0.5) is 43.9 Å². The van der Waals surface area contributed by atoms with E-state index in [4.69, 9.17) is 28.8 Å². The van der Waals surface area contributed by atoms with Crippen molar-refractivity contribution in [3.05, 3.63) is 243 Å². The summed E-state index contributed by atoms with van der Waals surface area (Å²) in [5.41, 5.74) is 10.1. The fourth-order valence-corrected chi connectivity index (χ4v) is 14.0. The maximum atomic E-state index is 16.8. The van der Waals surface area contributed by atoms with Crippen molar-refractivity contribution in [2.45, 2.75) is 83.1 Å². The largest absolute Gasteiger partial charge is 0.456 e. The van der Waals surface area contributed by atoms with E-state index in [1.807, 2.05) is 132 Å². The highest BCUT2D eigenvalue weighted by molar-refractivity contribution is 6.01. The van der Waals surface area contributed by atoms with Crippen LogP contribution >= 0.6 is 0 Å². The van der Waals surface area contributed by atoms with E-state index in [0.717, 1.165) is 66.8 Å². The Labute approximate surface area is 534 Å². The fourth-order valence-electron chi connectivity index (χ4n) is 14.0. The van der Waals surface area contributed by atoms with E-state index in [0.29, 0.717) is 44.5 Å². The Hall–Kier alpha value is -10.5. The Morgan fingerprint density at radius 2 is 0.362 bits per heavy atom. The van der Waals surface area contributed by atoms with Crippen LogP contribution in [0.1, 0.15) is 112 Å². The summed E-state index contributed by atoms with van der Waals surface area (Å²) in [6.07, 6.45) is 11.8. The molecule has 6 nitrogen and oxygen atoms in total. The van der Waals surface area contributed by atoms with Crippen molar-refractivity contribution in [1.82, 2.24) is 19.9 Å². The van der Waals surface area contributed by atoms with Crippen molar-refractivity contribution in [1.29, 1.82) is 0 Å². The second kappa shape index (κ2) is 23.3. The lowest BCUT2D eigenvalue weighted by atomic mass is 9.93. The number of aryl methyl sites for hydroxylation is 12. The monoisotopic (exact) mass is 1270 g/mol. The smallest absolute Gasteiger partial charge is 0.200 e. The number of hydrogen-bond donors (Lipinski definition) is 0. The molecule has 12 bridgehead atoms. The minimum atomic E-state index is -2.36. The van der Waals surface area contributed by atoms with Gasteiger partial charge in [-0.2, -0.15) is 0 Å². The van der Waals surface area contributed by atoms with Gasteiger partial charge in [0.15, 0.2) is 46.5 Å². The quantitative estimate of drug-likeness (QED) is 0.0938. The van der Waals surface area contributed by atoms with Crippen molar-refractivity contribution < 1.29 is 52.7 Å². The molecule has 13 rings (SSSR count). The van der Waals surface area contributed by atoms with Gasteiger partial charge in [0.25, 0.3) is 0 Å². The molecule has 0 saturated heterocycles. The molecule has 94 heavy (non-hydrogen) atoms. The zero-order chi connectivity index (χ0) is 66.9. The summed E-state index contributed by atoms with van der Waals surface area (Å²) in [7, 11) is 0. The molecule has 0 fully saturated rings. The van der Waals surface area contributed by atoms with E-state index in [2.05, 4.69) is 0 Å². The van der Waals surface area contributed by atoms with Crippen molar-refractivity contribution in [3.63, 3.8) is 0 Å². The highest BCUT2D eigenvalue weighted by Crippen LogP contribution is 2.47. The molecule has 0 aliphatic carbocycles. The molecule has 0 N–H and O–H groups in total. The molecule has 470 valence electrons. The lowest BCUT2D eigenvalue weighted by molar-refractivity contribution is 0.381. The Morgan fingerprint density at radius 3 is 0.543 bits per heavy atom. The molecule has 0 radical (unpaired) electrons. The van der Waals surface area contributed by atoms with Crippen LogP contribution in [0.3, 0.4) is 0 Å². The molecule has 0 spiro atoms. The van der Waals surface area contributed by atoms with Crippen LogP contribution in [0.15, 0.2) is 81.6 Å². The average Bonchev–Trinajstić information content (AvgIpc) is 1.54. The lowest BCUT2D eigenvalue weighted by Crippen LogP contribution is -2.06. The lowest BCUT2D eigenvalue weighted by Gasteiger charge is -2.14. The molecule has 6 aromatic carbocycles. The summed E-state index contributed by atoms with van der Waals surface area (Å²) in [4.78, 5) is 20.2. The fraction of sp³-hybridized carbons (Fsp3) is 0.154. The molecule has 4 aliphatic heterocycles. The van der Waals surface area contributed by atoms with Gasteiger partial charge in [-0.1, -0.05) is 70.8 Å². The van der Waals surface area contributed by atoms with E-state index in [9.17, 15) is 0 Å². The van der Waals surface area contributed by atoms with Crippen LogP contribution in [0.5, 0.6) is 0 Å². The Morgan fingerprint density at radius 1 is 0.202 bits per heavy atom. The minimum absolute atomic E-state index is 0.141. The Bertz CT molecular complexity index is 4670. The third kappa shape index (κ3) is 10.2. The zero-order valence-corrected chi connectivity index (χ0v) is 52.9. The predicted octanol–water partition coefficient (Wildman–Crippen LogP) is 22.3. The summed E-state index contributed by atoms with van der Waals surface area (Å²) in [5, 5.41) is 0. The molecule has 0 saturated carbocycles. The minimum Gasteiger partial charge on any atom is -0.456 e. The maximum Gasteiger partial charge on any atom is 0.200 e. The third-order valence-corrected chi connectivity index (χ3v) is 17.4. The number of halogens is 10. The van der Waals surface area contributed by atoms with Gasteiger partial charge >= 0.3 is 0 Å². The van der Waals surface area contributed by atoms with Gasteiger partial charge in [0.1, 0.15) is 22.3 Å². The van der Waals surface area contributed by atoms with Crippen LogP contribution in [-0.4, -0.2) is 19.9 Å². The first-order valence-corrected chi connectivity index (χ1v) is 30.1. The van der Waals surface area contributed by atoms with Gasteiger partial charge in [-0.25, -0.2) is 63.8 Å². The molecule has 0 atom stereocenters. The highest BCUT2D eigenvalue weighted by atomic mass is 19.2. The number of hydrogen-bond acceptors (Lipinski definition) is 6. The number of aromatic nitrogens is 4. The van der Waals surface area contributed by atoms with E-state index in [1.54, 1.807) is 48.6 Å². The van der Waals surface area contributed by atoms with E-state index in [-0.39, 0.29) is 67.9 Å². The van der Waals surface area contributed by atoms with Crippen molar-refractivity contribution >= 4 is 70.9 Å². The van der Waals surface area contributed by atoms with E-state index in [1.165, 1.54) is 24.3 Å². The van der Waals surface area contributed by atoms with Crippen LogP contribution in [0, 0.1) is 141 Å². The van der Waals surface area contributed by atoms with Gasteiger partial charge in [-0.15, -0.1) is 0 Å². The van der Waals surface area contributed by atoms with Crippen molar-refractivity contribution in [2.24, 2.45) is 0 Å². The molecule has 0 unspecified atom stereocenters. The van der Waals surface area contributed by atoms with Crippen molar-refractivity contribution in [2.75, 3.05) is 0 Å².